The van der Waals surface area contributed by atoms with Crippen LogP contribution in [-0.4, -0.2) is 12.1 Å². The summed E-state index contributed by atoms with van der Waals surface area (Å²) in [4.78, 5) is 12.9. The summed E-state index contributed by atoms with van der Waals surface area (Å²) in [5, 5.41) is 3.30. The van der Waals surface area contributed by atoms with Crippen LogP contribution in [0.25, 0.3) is 0 Å². The van der Waals surface area contributed by atoms with Crippen LogP contribution >= 0.6 is 15.9 Å². The van der Waals surface area contributed by atoms with Crippen LogP contribution in [0, 0.1) is 18.7 Å². The highest BCUT2D eigenvalue weighted by atomic mass is 79.9. The lowest BCUT2D eigenvalue weighted by Gasteiger charge is -2.21. The highest BCUT2D eigenvalue weighted by Gasteiger charge is 2.38. The molecule has 0 spiro atoms. The maximum Gasteiger partial charge on any atom is 0.395 e. The van der Waals surface area contributed by atoms with Crippen molar-refractivity contribution >= 4 is 21.8 Å². The fourth-order valence-electron chi connectivity index (χ4n) is 3.35. The first-order chi connectivity index (χ1) is 13.6. The Kier molecular flexibility index (Phi) is 6.36. The van der Waals surface area contributed by atoms with E-state index in [4.69, 9.17) is 0 Å². The van der Waals surface area contributed by atoms with Gasteiger partial charge in [0.1, 0.15) is 5.82 Å². The Labute approximate surface area is 175 Å². The molecular weight excluding hydrogens is 450 g/mol. The molecule has 0 radical (unpaired) electrons. The van der Waals surface area contributed by atoms with E-state index in [2.05, 4.69) is 21.2 Å². The van der Waals surface area contributed by atoms with Gasteiger partial charge in [0.15, 0.2) is 0 Å². The number of rotatable bonds is 6. The molecule has 2 nitrogen and oxygen atoms in total. The molecule has 0 saturated heterocycles. The maximum absolute atomic E-state index is 13.6. The van der Waals surface area contributed by atoms with Crippen molar-refractivity contribution in [1.82, 2.24) is 5.32 Å². The van der Waals surface area contributed by atoms with Gasteiger partial charge in [-0.05, 0) is 73.1 Å². The van der Waals surface area contributed by atoms with E-state index >= 15 is 0 Å². The van der Waals surface area contributed by atoms with Gasteiger partial charge >= 0.3 is 6.18 Å². The highest BCUT2D eigenvalue weighted by molar-refractivity contribution is 9.08. The standard InChI is InChI=1S/C22H22BrF4NO/c1-12-7-16(5-6-19(12)24)20(15-3-4-15)28-21(29)18-9-14(11-23)8-17(10-18)13(2)22(25,26)27/h5-10,13,15,20H,3-4,11H2,1-2H3,(H,28,29). The van der Waals surface area contributed by atoms with Crippen molar-refractivity contribution in [2.75, 3.05) is 0 Å². The van der Waals surface area contributed by atoms with Crippen molar-refractivity contribution in [1.29, 1.82) is 0 Å². The number of benzene rings is 2. The van der Waals surface area contributed by atoms with Gasteiger partial charge in [-0.25, -0.2) is 4.39 Å². The lowest BCUT2D eigenvalue weighted by Crippen LogP contribution is -2.30. The average molecular weight is 472 g/mol. The van der Waals surface area contributed by atoms with Gasteiger partial charge in [-0.2, -0.15) is 13.2 Å². The van der Waals surface area contributed by atoms with E-state index in [-0.39, 0.29) is 28.9 Å². The third kappa shape index (κ3) is 5.18. The topological polar surface area (TPSA) is 29.1 Å². The minimum absolute atomic E-state index is 0.0557. The summed E-state index contributed by atoms with van der Waals surface area (Å²) in [7, 11) is 0. The van der Waals surface area contributed by atoms with Gasteiger partial charge < -0.3 is 5.32 Å². The number of hydrogen-bond donors (Lipinski definition) is 1. The summed E-state index contributed by atoms with van der Waals surface area (Å²) in [6.07, 6.45) is -2.50. The zero-order chi connectivity index (χ0) is 21.3. The summed E-state index contributed by atoms with van der Waals surface area (Å²) in [6, 6.07) is 8.81. The number of alkyl halides is 4. The lowest BCUT2D eigenvalue weighted by molar-refractivity contribution is -0.146. The van der Waals surface area contributed by atoms with E-state index < -0.39 is 18.0 Å². The molecule has 0 aromatic heterocycles. The molecule has 0 heterocycles. The van der Waals surface area contributed by atoms with Crippen LogP contribution < -0.4 is 5.32 Å². The van der Waals surface area contributed by atoms with Crippen LogP contribution in [0.5, 0.6) is 0 Å². The van der Waals surface area contributed by atoms with E-state index in [9.17, 15) is 22.4 Å². The van der Waals surface area contributed by atoms with Gasteiger partial charge in [0.2, 0.25) is 0 Å². The Morgan fingerprint density at radius 3 is 2.41 bits per heavy atom. The number of aryl methyl sites for hydroxylation is 1. The van der Waals surface area contributed by atoms with E-state index in [0.29, 0.717) is 16.5 Å². The van der Waals surface area contributed by atoms with E-state index in [0.717, 1.165) is 25.3 Å². The summed E-state index contributed by atoms with van der Waals surface area (Å²) < 4.78 is 53.2. The van der Waals surface area contributed by atoms with Crippen LogP contribution in [0.4, 0.5) is 17.6 Å². The minimum atomic E-state index is -4.39. The molecule has 29 heavy (non-hydrogen) atoms. The molecule has 156 valence electrons. The van der Waals surface area contributed by atoms with Gasteiger partial charge in [-0.1, -0.05) is 34.1 Å². The fraction of sp³-hybridized carbons (Fsp3) is 0.409. The Balaban J connectivity index is 1.89. The van der Waals surface area contributed by atoms with Crippen molar-refractivity contribution < 1.29 is 22.4 Å². The lowest BCUT2D eigenvalue weighted by atomic mass is 9.95. The molecular formula is C22H22BrF4NO. The van der Waals surface area contributed by atoms with Crippen LogP contribution in [0.3, 0.4) is 0 Å². The SMILES string of the molecule is Cc1cc(C(NC(=O)c2cc(CBr)cc(C(C)C(F)(F)F)c2)C2CC2)ccc1F. The van der Waals surface area contributed by atoms with Gasteiger partial charge in [0.25, 0.3) is 5.91 Å². The summed E-state index contributed by atoms with van der Waals surface area (Å²) >= 11 is 3.26. The summed E-state index contributed by atoms with van der Waals surface area (Å²) in [5.74, 6) is -2.17. The number of amides is 1. The molecule has 0 aliphatic heterocycles. The van der Waals surface area contributed by atoms with Crippen LogP contribution in [-0.2, 0) is 5.33 Å². The first-order valence-electron chi connectivity index (χ1n) is 9.43. The third-order valence-corrected chi connectivity index (χ3v) is 5.99. The smallest absolute Gasteiger partial charge is 0.345 e. The molecule has 1 fully saturated rings. The summed E-state index contributed by atoms with van der Waals surface area (Å²) in [6.45, 7) is 2.75. The van der Waals surface area contributed by atoms with Crippen LogP contribution in [0.2, 0.25) is 0 Å². The van der Waals surface area contributed by atoms with Crippen molar-refractivity contribution in [3.05, 3.63) is 70.0 Å². The normalized spacial score (nSPS) is 16.4. The number of carbonyl (C=O) groups excluding carboxylic acids is 1. The molecule has 2 unspecified atom stereocenters. The second kappa shape index (κ2) is 8.46. The fourth-order valence-corrected chi connectivity index (χ4v) is 3.68. The Morgan fingerprint density at radius 2 is 1.86 bits per heavy atom. The molecule has 0 bridgehead atoms. The predicted molar refractivity (Wildman–Crippen MR) is 108 cm³/mol. The van der Waals surface area contributed by atoms with Gasteiger partial charge in [0.05, 0.1) is 12.0 Å². The van der Waals surface area contributed by atoms with Crippen molar-refractivity contribution in [3.63, 3.8) is 0 Å². The second-order valence-corrected chi connectivity index (χ2v) is 8.22. The average Bonchev–Trinajstić information content (AvgIpc) is 3.51. The van der Waals surface area contributed by atoms with Crippen molar-refractivity contribution in [2.24, 2.45) is 5.92 Å². The molecule has 2 atom stereocenters. The minimum Gasteiger partial charge on any atom is -0.345 e. The monoisotopic (exact) mass is 471 g/mol. The molecule has 1 aliphatic carbocycles. The number of nitrogens with one attached hydrogen (secondary N) is 1. The Hall–Kier alpha value is -1.89. The largest absolute Gasteiger partial charge is 0.395 e. The zero-order valence-electron chi connectivity index (χ0n) is 16.1. The maximum atomic E-state index is 13.6. The van der Waals surface area contributed by atoms with Crippen molar-refractivity contribution in [3.8, 4) is 0 Å². The van der Waals surface area contributed by atoms with Gasteiger partial charge in [-0.15, -0.1) is 0 Å². The van der Waals surface area contributed by atoms with Crippen LogP contribution in [0.1, 0.15) is 64.3 Å². The molecule has 3 rings (SSSR count). The molecule has 7 heteroatoms. The predicted octanol–water partition coefficient (Wildman–Crippen LogP) is 6.58. The molecule has 1 saturated carbocycles. The molecule has 2 aromatic rings. The molecule has 1 N–H and O–H groups in total. The van der Waals surface area contributed by atoms with E-state index in [1.807, 2.05) is 0 Å². The Morgan fingerprint density at radius 1 is 1.17 bits per heavy atom. The molecule has 2 aromatic carbocycles. The van der Waals surface area contributed by atoms with E-state index in [1.54, 1.807) is 25.1 Å². The first-order valence-corrected chi connectivity index (χ1v) is 10.6. The van der Waals surface area contributed by atoms with E-state index in [1.165, 1.54) is 18.2 Å². The first kappa shape index (κ1) is 21.8. The zero-order valence-corrected chi connectivity index (χ0v) is 17.7. The molecule has 1 amide bonds. The van der Waals surface area contributed by atoms with Gasteiger partial charge in [-0.3, -0.25) is 4.79 Å². The number of carbonyl (C=O) groups is 1. The molecule has 1 aliphatic rings. The third-order valence-electron chi connectivity index (χ3n) is 5.34. The number of halogens is 5. The van der Waals surface area contributed by atoms with Crippen molar-refractivity contribution in [2.45, 2.75) is 50.2 Å². The number of hydrogen-bond acceptors (Lipinski definition) is 1. The Bertz CT molecular complexity index is 908. The quantitative estimate of drug-likeness (QED) is 0.374. The van der Waals surface area contributed by atoms with Gasteiger partial charge in [0, 0.05) is 10.9 Å². The van der Waals surface area contributed by atoms with Crippen LogP contribution in [0.15, 0.2) is 36.4 Å². The second-order valence-electron chi connectivity index (χ2n) is 7.66. The summed E-state index contributed by atoms with van der Waals surface area (Å²) in [5.41, 5.74) is 2.15. The highest BCUT2D eigenvalue weighted by Crippen LogP contribution is 2.41.